The van der Waals surface area contributed by atoms with Crippen LogP contribution in [0.15, 0.2) is 0 Å². The molecular formula is C13H27N. The molecule has 1 fully saturated rings. The minimum absolute atomic E-state index is 0.824. The van der Waals surface area contributed by atoms with E-state index in [0.717, 1.165) is 12.0 Å². The Bertz CT molecular complexity index is 133. The van der Waals surface area contributed by atoms with Crippen LogP contribution in [0.25, 0.3) is 0 Å². The van der Waals surface area contributed by atoms with Crippen molar-refractivity contribution in [2.24, 2.45) is 5.92 Å². The lowest BCUT2D eigenvalue weighted by atomic mass is 9.89. The van der Waals surface area contributed by atoms with Crippen molar-refractivity contribution in [3.8, 4) is 0 Å². The van der Waals surface area contributed by atoms with Crippen LogP contribution in [0.4, 0.5) is 0 Å². The molecule has 14 heavy (non-hydrogen) atoms. The Hall–Kier alpha value is -0.0400. The first-order valence-electron chi connectivity index (χ1n) is 6.58. The van der Waals surface area contributed by atoms with Crippen LogP contribution >= 0.6 is 0 Å². The molecule has 0 aliphatic carbocycles. The van der Waals surface area contributed by atoms with Gasteiger partial charge in [0.25, 0.3) is 0 Å². The third kappa shape index (κ3) is 4.45. The number of piperidine rings is 1. The second kappa shape index (κ2) is 7.28. The van der Waals surface area contributed by atoms with E-state index in [1.54, 1.807) is 0 Å². The zero-order chi connectivity index (χ0) is 10.2. The fraction of sp³-hybridized carbons (Fsp3) is 1.00. The highest BCUT2D eigenvalue weighted by Crippen LogP contribution is 2.20. The van der Waals surface area contributed by atoms with Gasteiger partial charge in [0, 0.05) is 6.04 Å². The smallest absolute Gasteiger partial charge is 0.00926 e. The molecule has 0 spiro atoms. The van der Waals surface area contributed by atoms with Crippen LogP contribution in [0.2, 0.25) is 0 Å². The van der Waals surface area contributed by atoms with E-state index in [1.165, 1.54) is 57.9 Å². The fourth-order valence-corrected chi connectivity index (χ4v) is 2.47. The Balaban J connectivity index is 1.99. The minimum atomic E-state index is 0.824. The minimum Gasteiger partial charge on any atom is -0.314 e. The number of nitrogens with one attached hydrogen (secondary N) is 1. The predicted molar refractivity (Wildman–Crippen MR) is 63.6 cm³/mol. The molecule has 2 atom stereocenters. The van der Waals surface area contributed by atoms with Gasteiger partial charge in [0.05, 0.1) is 0 Å². The highest BCUT2D eigenvalue weighted by molar-refractivity contribution is 4.77. The first-order valence-corrected chi connectivity index (χ1v) is 6.58. The van der Waals surface area contributed by atoms with Gasteiger partial charge in [-0.25, -0.2) is 0 Å². The molecule has 0 amide bonds. The first-order chi connectivity index (χ1) is 6.84. The van der Waals surface area contributed by atoms with Gasteiger partial charge in [-0.2, -0.15) is 0 Å². The number of hydrogen-bond acceptors (Lipinski definition) is 1. The molecule has 84 valence electrons. The van der Waals surface area contributed by atoms with Gasteiger partial charge in [-0.3, -0.25) is 0 Å². The molecule has 0 saturated carbocycles. The fourth-order valence-electron chi connectivity index (χ4n) is 2.47. The summed E-state index contributed by atoms with van der Waals surface area (Å²) >= 11 is 0. The summed E-state index contributed by atoms with van der Waals surface area (Å²) in [4.78, 5) is 0. The van der Waals surface area contributed by atoms with Crippen LogP contribution in [-0.2, 0) is 0 Å². The summed E-state index contributed by atoms with van der Waals surface area (Å²) in [6.45, 7) is 5.94. The monoisotopic (exact) mass is 197 g/mol. The molecule has 1 heteroatoms. The third-order valence-corrected chi connectivity index (χ3v) is 3.55. The van der Waals surface area contributed by atoms with Crippen molar-refractivity contribution in [2.45, 2.75) is 71.3 Å². The first kappa shape index (κ1) is 12.0. The zero-order valence-corrected chi connectivity index (χ0v) is 10.0. The Morgan fingerprint density at radius 3 is 2.64 bits per heavy atom. The summed E-state index contributed by atoms with van der Waals surface area (Å²) in [5.74, 6) is 0.912. The molecular weight excluding hydrogens is 170 g/mol. The van der Waals surface area contributed by atoms with Crippen molar-refractivity contribution >= 4 is 0 Å². The summed E-state index contributed by atoms with van der Waals surface area (Å²) in [5.41, 5.74) is 0. The molecule has 1 rings (SSSR count). The lowest BCUT2D eigenvalue weighted by molar-refractivity contribution is 0.280. The van der Waals surface area contributed by atoms with E-state index in [4.69, 9.17) is 0 Å². The summed E-state index contributed by atoms with van der Waals surface area (Å²) in [7, 11) is 0. The summed E-state index contributed by atoms with van der Waals surface area (Å²) < 4.78 is 0. The molecule has 1 nitrogen and oxygen atoms in total. The van der Waals surface area contributed by atoms with Gasteiger partial charge >= 0.3 is 0 Å². The summed E-state index contributed by atoms with van der Waals surface area (Å²) in [6, 6.07) is 0.824. The van der Waals surface area contributed by atoms with Crippen molar-refractivity contribution in [3.05, 3.63) is 0 Å². The molecule has 0 radical (unpaired) electrons. The van der Waals surface area contributed by atoms with Gasteiger partial charge < -0.3 is 5.32 Å². The number of hydrogen-bond donors (Lipinski definition) is 1. The molecule has 1 aliphatic rings. The van der Waals surface area contributed by atoms with E-state index >= 15 is 0 Å². The molecule has 0 aromatic rings. The Labute approximate surface area is 89.7 Å². The van der Waals surface area contributed by atoms with Crippen molar-refractivity contribution in [1.29, 1.82) is 0 Å². The standard InChI is InChI=1S/C13H27N/c1-3-4-5-6-7-10-13-12(2)9-8-11-14-13/h12-14H,3-11H2,1-2H3. The molecule has 1 heterocycles. The number of unbranched alkanes of at least 4 members (excludes halogenated alkanes) is 4. The third-order valence-electron chi connectivity index (χ3n) is 3.55. The number of rotatable bonds is 6. The summed E-state index contributed by atoms with van der Waals surface area (Å²) in [6.07, 6.45) is 11.3. The largest absolute Gasteiger partial charge is 0.314 e. The Kier molecular flexibility index (Phi) is 6.25. The average Bonchev–Trinajstić information content (AvgIpc) is 2.20. The normalized spacial score (nSPS) is 27.9. The maximum absolute atomic E-state index is 3.66. The molecule has 1 N–H and O–H groups in total. The second-order valence-corrected chi connectivity index (χ2v) is 4.88. The van der Waals surface area contributed by atoms with Crippen molar-refractivity contribution in [2.75, 3.05) is 6.54 Å². The van der Waals surface area contributed by atoms with E-state index in [0.29, 0.717) is 0 Å². The van der Waals surface area contributed by atoms with Crippen LogP contribution in [0.5, 0.6) is 0 Å². The van der Waals surface area contributed by atoms with Gasteiger partial charge in [0.15, 0.2) is 0 Å². The van der Waals surface area contributed by atoms with Gasteiger partial charge in [0.1, 0.15) is 0 Å². The van der Waals surface area contributed by atoms with E-state index in [9.17, 15) is 0 Å². The van der Waals surface area contributed by atoms with Gasteiger partial charge in [0.2, 0.25) is 0 Å². The predicted octanol–water partition coefficient (Wildman–Crippen LogP) is 3.74. The molecule has 0 aromatic carbocycles. The van der Waals surface area contributed by atoms with Crippen LogP contribution in [-0.4, -0.2) is 12.6 Å². The lowest BCUT2D eigenvalue weighted by Crippen LogP contribution is -2.39. The topological polar surface area (TPSA) is 12.0 Å². The van der Waals surface area contributed by atoms with E-state index < -0.39 is 0 Å². The average molecular weight is 197 g/mol. The van der Waals surface area contributed by atoms with Gasteiger partial charge in [-0.1, -0.05) is 46.0 Å². The van der Waals surface area contributed by atoms with Crippen LogP contribution < -0.4 is 5.32 Å². The van der Waals surface area contributed by atoms with Crippen molar-refractivity contribution < 1.29 is 0 Å². The summed E-state index contributed by atoms with van der Waals surface area (Å²) in [5, 5.41) is 3.66. The highest BCUT2D eigenvalue weighted by Gasteiger charge is 2.19. The molecule has 2 unspecified atom stereocenters. The van der Waals surface area contributed by atoms with Crippen molar-refractivity contribution in [3.63, 3.8) is 0 Å². The highest BCUT2D eigenvalue weighted by atomic mass is 14.9. The molecule has 0 aromatic heterocycles. The molecule has 1 aliphatic heterocycles. The van der Waals surface area contributed by atoms with Crippen LogP contribution in [0.1, 0.15) is 65.2 Å². The quantitative estimate of drug-likeness (QED) is 0.640. The molecule has 0 bridgehead atoms. The van der Waals surface area contributed by atoms with E-state index in [1.807, 2.05) is 0 Å². The van der Waals surface area contributed by atoms with E-state index in [-0.39, 0.29) is 0 Å². The van der Waals surface area contributed by atoms with Crippen LogP contribution in [0, 0.1) is 5.92 Å². The second-order valence-electron chi connectivity index (χ2n) is 4.88. The van der Waals surface area contributed by atoms with Crippen LogP contribution in [0.3, 0.4) is 0 Å². The van der Waals surface area contributed by atoms with Gasteiger partial charge in [-0.05, 0) is 31.7 Å². The maximum atomic E-state index is 3.66. The Morgan fingerprint density at radius 1 is 1.14 bits per heavy atom. The SMILES string of the molecule is CCCCCCCC1NCCCC1C. The Morgan fingerprint density at radius 2 is 1.93 bits per heavy atom. The maximum Gasteiger partial charge on any atom is 0.00926 e. The lowest BCUT2D eigenvalue weighted by Gasteiger charge is -2.30. The zero-order valence-electron chi connectivity index (χ0n) is 10.0. The van der Waals surface area contributed by atoms with E-state index in [2.05, 4.69) is 19.2 Å². The molecule has 1 saturated heterocycles. The van der Waals surface area contributed by atoms with Gasteiger partial charge in [-0.15, -0.1) is 0 Å². The van der Waals surface area contributed by atoms with Crippen molar-refractivity contribution in [1.82, 2.24) is 5.32 Å².